The predicted octanol–water partition coefficient (Wildman–Crippen LogP) is 2.59. The molecule has 1 heterocycles. The van der Waals surface area contributed by atoms with Gasteiger partial charge in [-0.15, -0.1) is 0 Å². The molecule has 0 aromatic heterocycles. The first kappa shape index (κ1) is 17.4. The summed E-state index contributed by atoms with van der Waals surface area (Å²) in [7, 11) is 0. The molecule has 20 heavy (non-hydrogen) atoms. The summed E-state index contributed by atoms with van der Waals surface area (Å²) < 4.78 is 0. The molecule has 0 aliphatic carbocycles. The number of hydrogen-bond donors (Lipinski definition) is 2. The van der Waals surface area contributed by atoms with Crippen LogP contribution in [0.5, 0.6) is 0 Å². The Bertz CT molecular complexity index is 302. The van der Waals surface area contributed by atoms with E-state index in [1.165, 1.54) is 0 Å². The van der Waals surface area contributed by atoms with Crippen molar-refractivity contribution in [1.82, 2.24) is 10.2 Å². The van der Waals surface area contributed by atoms with E-state index in [0.29, 0.717) is 18.5 Å². The first-order chi connectivity index (χ1) is 9.20. The first-order valence-electron chi connectivity index (χ1n) is 7.91. The van der Waals surface area contributed by atoms with Crippen LogP contribution in [0.2, 0.25) is 0 Å². The molecule has 4 nitrogen and oxygen atoms in total. The molecule has 0 spiro atoms. The Hall–Kier alpha value is -0.610. The molecular formula is C16H32N2O2. The Morgan fingerprint density at radius 1 is 1.30 bits per heavy atom. The van der Waals surface area contributed by atoms with E-state index >= 15 is 0 Å². The molecule has 1 unspecified atom stereocenters. The highest BCUT2D eigenvalue weighted by molar-refractivity contribution is 5.70. The van der Waals surface area contributed by atoms with Gasteiger partial charge in [0.1, 0.15) is 0 Å². The van der Waals surface area contributed by atoms with Crippen LogP contribution in [0, 0.1) is 11.8 Å². The SMILES string of the molecule is CC(C)CC(CNC1CCN(C(C)(C)C)CC1)C(=O)O. The Kier molecular flexibility index (Phi) is 6.46. The summed E-state index contributed by atoms with van der Waals surface area (Å²) in [5, 5.41) is 12.7. The van der Waals surface area contributed by atoms with E-state index in [4.69, 9.17) is 0 Å². The summed E-state index contributed by atoms with van der Waals surface area (Å²) in [5.74, 6) is -0.491. The number of nitrogens with one attached hydrogen (secondary N) is 1. The molecule has 1 aliphatic heterocycles. The quantitative estimate of drug-likeness (QED) is 0.787. The molecule has 1 saturated heterocycles. The van der Waals surface area contributed by atoms with Gasteiger partial charge in [0, 0.05) is 31.2 Å². The van der Waals surface area contributed by atoms with E-state index in [0.717, 1.165) is 32.4 Å². The standard InChI is InChI=1S/C16H32N2O2/c1-12(2)10-13(15(19)20)11-17-14-6-8-18(9-7-14)16(3,4)5/h12-14,17H,6-11H2,1-5H3,(H,19,20). The van der Waals surface area contributed by atoms with Crippen LogP contribution in [0.15, 0.2) is 0 Å². The number of piperidine rings is 1. The number of aliphatic carboxylic acids is 1. The lowest BCUT2D eigenvalue weighted by molar-refractivity contribution is -0.142. The summed E-state index contributed by atoms with van der Waals surface area (Å²) in [6, 6.07) is 0.475. The van der Waals surface area contributed by atoms with E-state index in [1.54, 1.807) is 0 Å². The van der Waals surface area contributed by atoms with E-state index in [1.807, 2.05) is 0 Å². The van der Waals surface area contributed by atoms with Gasteiger partial charge in [-0.3, -0.25) is 9.69 Å². The van der Waals surface area contributed by atoms with Crippen molar-refractivity contribution in [2.24, 2.45) is 11.8 Å². The van der Waals surface area contributed by atoms with E-state index < -0.39 is 5.97 Å². The smallest absolute Gasteiger partial charge is 0.307 e. The van der Waals surface area contributed by atoms with E-state index in [2.05, 4.69) is 44.8 Å². The van der Waals surface area contributed by atoms with Gasteiger partial charge in [0.2, 0.25) is 0 Å². The summed E-state index contributed by atoms with van der Waals surface area (Å²) >= 11 is 0. The lowest BCUT2D eigenvalue weighted by Gasteiger charge is -2.41. The van der Waals surface area contributed by atoms with Crippen molar-refractivity contribution >= 4 is 5.97 Å². The fraction of sp³-hybridized carbons (Fsp3) is 0.938. The second kappa shape index (κ2) is 7.41. The minimum Gasteiger partial charge on any atom is -0.481 e. The Balaban J connectivity index is 2.34. The van der Waals surface area contributed by atoms with Crippen LogP contribution in [-0.4, -0.2) is 47.2 Å². The zero-order valence-corrected chi connectivity index (χ0v) is 13.8. The number of carboxylic acid groups (broad SMARTS) is 1. The van der Waals surface area contributed by atoms with E-state index in [-0.39, 0.29) is 11.5 Å². The average Bonchev–Trinajstić information content (AvgIpc) is 2.33. The maximum Gasteiger partial charge on any atom is 0.307 e. The molecule has 0 aromatic rings. The van der Waals surface area contributed by atoms with Crippen LogP contribution in [0.4, 0.5) is 0 Å². The summed E-state index contributed by atoms with van der Waals surface area (Å²) in [4.78, 5) is 13.8. The molecule has 2 N–H and O–H groups in total. The third kappa shape index (κ3) is 5.80. The van der Waals surface area contributed by atoms with Crippen molar-refractivity contribution in [3.63, 3.8) is 0 Å². The van der Waals surface area contributed by atoms with Gasteiger partial charge in [-0.2, -0.15) is 0 Å². The number of rotatable bonds is 6. The fourth-order valence-corrected chi connectivity index (χ4v) is 2.90. The van der Waals surface area contributed by atoms with Crippen LogP contribution in [0.3, 0.4) is 0 Å². The Morgan fingerprint density at radius 2 is 1.85 bits per heavy atom. The van der Waals surface area contributed by atoms with Gasteiger partial charge in [0.15, 0.2) is 0 Å². The van der Waals surface area contributed by atoms with Crippen molar-refractivity contribution in [1.29, 1.82) is 0 Å². The van der Waals surface area contributed by atoms with Gasteiger partial charge >= 0.3 is 5.97 Å². The molecule has 1 fully saturated rings. The lowest BCUT2D eigenvalue weighted by Crippen LogP contribution is -2.50. The largest absolute Gasteiger partial charge is 0.481 e. The molecule has 1 atom stereocenters. The second-order valence-corrected chi connectivity index (χ2v) is 7.51. The number of likely N-dealkylation sites (tertiary alicyclic amines) is 1. The van der Waals surface area contributed by atoms with Crippen LogP contribution in [0.1, 0.15) is 53.9 Å². The number of nitrogens with zero attached hydrogens (tertiary/aromatic N) is 1. The molecular weight excluding hydrogens is 252 g/mol. The highest BCUT2D eigenvalue weighted by Crippen LogP contribution is 2.20. The van der Waals surface area contributed by atoms with Crippen LogP contribution < -0.4 is 5.32 Å². The van der Waals surface area contributed by atoms with Crippen LogP contribution in [0.25, 0.3) is 0 Å². The highest BCUT2D eigenvalue weighted by Gasteiger charge is 2.27. The van der Waals surface area contributed by atoms with Crippen molar-refractivity contribution in [3.8, 4) is 0 Å². The highest BCUT2D eigenvalue weighted by atomic mass is 16.4. The molecule has 0 radical (unpaired) electrons. The third-order valence-corrected chi connectivity index (χ3v) is 4.20. The van der Waals surface area contributed by atoms with Gasteiger partial charge in [-0.1, -0.05) is 13.8 Å². The molecule has 118 valence electrons. The van der Waals surface area contributed by atoms with E-state index in [9.17, 15) is 9.90 Å². The zero-order valence-electron chi connectivity index (χ0n) is 13.8. The topological polar surface area (TPSA) is 52.6 Å². The van der Waals surface area contributed by atoms with Gasteiger partial charge in [0.25, 0.3) is 0 Å². The third-order valence-electron chi connectivity index (χ3n) is 4.20. The normalized spacial score (nSPS) is 20.3. The minimum absolute atomic E-state index is 0.242. The maximum atomic E-state index is 11.2. The number of hydrogen-bond acceptors (Lipinski definition) is 3. The fourth-order valence-electron chi connectivity index (χ4n) is 2.90. The maximum absolute atomic E-state index is 11.2. The van der Waals surface area contributed by atoms with Crippen molar-refractivity contribution < 1.29 is 9.90 Å². The monoisotopic (exact) mass is 284 g/mol. The van der Waals surface area contributed by atoms with Crippen molar-refractivity contribution in [3.05, 3.63) is 0 Å². The molecule has 0 saturated carbocycles. The molecule has 0 amide bonds. The van der Waals surface area contributed by atoms with Crippen LogP contribution >= 0.6 is 0 Å². The summed E-state index contributed by atoms with van der Waals surface area (Å²) in [5.41, 5.74) is 0.242. The van der Waals surface area contributed by atoms with Gasteiger partial charge in [-0.05, 0) is 46.0 Å². The lowest BCUT2D eigenvalue weighted by atomic mass is 9.95. The van der Waals surface area contributed by atoms with Gasteiger partial charge in [-0.25, -0.2) is 0 Å². The Morgan fingerprint density at radius 3 is 2.25 bits per heavy atom. The zero-order chi connectivity index (χ0) is 15.3. The average molecular weight is 284 g/mol. The molecule has 1 aliphatic rings. The Labute approximate surface area is 123 Å². The summed E-state index contributed by atoms with van der Waals surface area (Å²) in [6.07, 6.45) is 2.99. The van der Waals surface area contributed by atoms with Crippen molar-refractivity contribution in [2.75, 3.05) is 19.6 Å². The predicted molar refractivity (Wildman–Crippen MR) is 82.9 cm³/mol. The van der Waals surface area contributed by atoms with Crippen molar-refractivity contribution in [2.45, 2.75) is 65.5 Å². The van der Waals surface area contributed by atoms with Crippen LogP contribution in [-0.2, 0) is 4.79 Å². The second-order valence-electron chi connectivity index (χ2n) is 7.51. The number of carboxylic acids is 1. The molecule has 4 heteroatoms. The van der Waals surface area contributed by atoms with Gasteiger partial charge in [0.05, 0.1) is 5.92 Å². The van der Waals surface area contributed by atoms with Gasteiger partial charge < -0.3 is 10.4 Å². The first-order valence-corrected chi connectivity index (χ1v) is 7.91. The minimum atomic E-state index is -0.668. The summed E-state index contributed by atoms with van der Waals surface area (Å²) in [6.45, 7) is 13.7. The molecule has 0 aromatic carbocycles. The number of carbonyl (C=O) groups is 1. The molecule has 0 bridgehead atoms. The molecule has 1 rings (SSSR count).